The molecular formula is C19H31N3O3. The van der Waals surface area contributed by atoms with Gasteiger partial charge in [-0.1, -0.05) is 6.92 Å². The third-order valence-corrected chi connectivity index (χ3v) is 4.53. The Hall–Kier alpha value is -1.98. The van der Waals surface area contributed by atoms with E-state index in [1.165, 1.54) is 0 Å². The second-order valence-electron chi connectivity index (χ2n) is 6.53. The number of nitrogens with one attached hydrogen (secondary N) is 1. The molecule has 0 amide bonds. The Morgan fingerprint density at radius 2 is 2.36 bits per heavy atom. The van der Waals surface area contributed by atoms with Crippen LogP contribution >= 0.6 is 0 Å². The normalized spacial score (nSPS) is 19.6. The van der Waals surface area contributed by atoms with Crippen LogP contribution in [0.3, 0.4) is 0 Å². The predicted octanol–water partition coefficient (Wildman–Crippen LogP) is 2.84. The van der Waals surface area contributed by atoms with Gasteiger partial charge in [0.05, 0.1) is 18.8 Å². The van der Waals surface area contributed by atoms with Gasteiger partial charge in [0.1, 0.15) is 5.76 Å². The van der Waals surface area contributed by atoms with Crippen LogP contribution in [-0.2, 0) is 16.0 Å². The molecule has 6 nitrogen and oxygen atoms in total. The Morgan fingerprint density at radius 1 is 1.52 bits per heavy atom. The Bertz CT molecular complexity index is 542. The van der Waals surface area contributed by atoms with Gasteiger partial charge in [-0.3, -0.25) is 9.79 Å². The van der Waals surface area contributed by atoms with E-state index in [2.05, 4.69) is 24.1 Å². The zero-order chi connectivity index (χ0) is 18.1. The summed E-state index contributed by atoms with van der Waals surface area (Å²) < 4.78 is 10.6. The van der Waals surface area contributed by atoms with Gasteiger partial charge in [0, 0.05) is 32.1 Å². The molecule has 0 spiro atoms. The molecule has 2 unspecified atom stereocenters. The number of rotatable bonds is 7. The molecular weight excluding hydrogens is 318 g/mol. The number of guanidine groups is 1. The van der Waals surface area contributed by atoms with Crippen molar-refractivity contribution in [2.24, 2.45) is 10.9 Å². The molecule has 6 heteroatoms. The number of ether oxygens (including phenoxy) is 1. The largest absolute Gasteiger partial charge is 0.469 e. The van der Waals surface area contributed by atoms with Gasteiger partial charge in [-0.25, -0.2) is 0 Å². The highest BCUT2D eigenvalue weighted by Crippen LogP contribution is 2.18. The first-order chi connectivity index (χ1) is 12.1. The van der Waals surface area contributed by atoms with Crippen molar-refractivity contribution < 1.29 is 13.9 Å². The maximum absolute atomic E-state index is 12.1. The van der Waals surface area contributed by atoms with Crippen LogP contribution in [0.2, 0.25) is 0 Å². The van der Waals surface area contributed by atoms with E-state index in [9.17, 15) is 4.79 Å². The fourth-order valence-corrected chi connectivity index (χ4v) is 2.91. The summed E-state index contributed by atoms with van der Waals surface area (Å²) in [5, 5.41) is 3.50. The van der Waals surface area contributed by atoms with E-state index in [1.807, 2.05) is 19.1 Å². The monoisotopic (exact) mass is 349 g/mol. The van der Waals surface area contributed by atoms with E-state index in [0.29, 0.717) is 25.7 Å². The average molecular weight is 349 g/mol. The van der Waals surface area contributed by atoms with E-state index in [1.54, 1.807) is 6.26 Å². The Balaban J connectivity index is 2.01. The second kappa shape index (κ2) is 10.1. The molecule has 1 aromatic heterocycles. The van der Waals surface area contributed by atoms with Gasteiger partial charge in [-0.05, 0) is 45.2 Å². The van der Waals surface area contributed by atoms with Crippen LogP contribution in [0, 0.1) is 5.92 Å². The lowest BCUT2D eigenvalue weighted by molar-refractivity contribution is -0.149. The van der Waals surface area contributed by atoms with E-state index in [4.69, 9.17) is 14.1 Å². The van der Waals surface area contributed by atoms with Crippen LogP contribution in [0.25, 0.3) is 0 Å². The average Bonchev–Trinajstić information content (AvgIpc) is 3.14. The minimum absolute atomic E-state index is 0.0669. The van der Waals surface area contributed by atoms with Gasteiger partial charge in [0.2, 0.25) is 0 Å². The van der Waals surface area contributed by atoms with Crippen molar-refractivity contribution in [1.82, 2.24) is 10.2 Å². The van der Waals surface area contributed by atoms with Crippen molar-refractivity contribution in [3.8, 4) is 0 Å². The van der Waals surface area contributed by atoms with Gasteiger partial charge < -0.3 is 19.4 Å². The number of furan rings is 1. The number of esters is 1. The van der Waals surface area contributed by atoms with Crippen LogP contribution in [0.4, 0.5) is 0 Å². The van der Waals surface area contributed by atoms with Crippen LogP contribution in [0.5, 0.6) is 0 Å². The first-order valence-electron chi connectivity index (χ1n) is 9.39. The summed E-state index contributed by atoms with van der Waals surface area (Å²) in [5.41, 5.74) is 0. The lowest BCUT2D eigenvalue weighted by Gasteiger charge is -2.35. The topological polar surface area (TPSA) is 67.1 Å². The number of likely N-dealkylation sites (tertiary alicyclic amines) is 1. The molecule has 1 saturated heterocycles. The van der Waals surface area contributed by atoms with Crippen LogP contribution in [0.1, 0.15) is 45.8 Å². The van der Waals surface area contributed by atoms with E-state index in [0.717, 1.165) is 43.9 Å². The highest BCUT2D eigenvalue weighted by molar-refractivity contribution is 5.81. The minimum Gasteiger partial charge on any atom is -0.469 e. The van der Waals surface area contributed by atoms with Crippen molar-refractivity contribution in [2.45, 2.75) is 52.5 Å². The number of carbonyl (C=O) groups excluding carboxylic acids is 1. The van der Waals surface area contributed by atoms with Crippen molar-refractivity contribution in [3.63, 3.8) is 0 Å². The molecule has 0 saturated carbocycles. The molecule has 1 aliphatic heterocycles. The summed E-state index contributed by atoms with van der Waals surface area (Å²) in [4.78, 5) is 19.1. The molecule has 140 valence electrons. The molecule has 2 atom stereocenters. The Labute approximate surface area is 150 Å². The van der Waals surface area contributed by atoms with Crippen molar-refractivity contribution in [2.75, 3.05) is 26.2 Å². The molecule has 1 aromatic rings. The minimum atomic E-state index is -0.0920. The van der Waals surface area contributed by atoms with Crippen molar-refractivity contribution in [1.29, 1.82) is 0 Å². The number of hydrogen-bond acceptors (Lipinski definition) is 4. The van der Waals surface area contributed by atoms with Gasteiger partial charge >= 0.3 is 5.97 Å². The maximum Gasteiger partial charge on any atom is 0.310 e. The van der Waals surface area contributed by atoms with Gasteiger partial charge in [-0.15, -0.1) is 0 Å². The highest BCUT2D eigenvalue weighted by atomic mass is 16.5. The van der Waals surface area contributed by atoms with Crippen molar-refractivity contribution in [3.05, 3.63) is 24.2 Å². The predicted molar refractivity (Wildman–Crippen MR) is 98.5 cm³/mol. The lowest BCUT2D eigenvalue weighted by Crippen LogP contribution is -2.50. The van der Waals surface area contributed by atoms with Crippen LogP contribution in [0.15, 0.2) is 27.8 Å². The summed E-state index contributed by atoms with van der Waals surface area (Å²) >= 11 is 0. The third-order valence-electron chi connectivity index (χ3n) is 4.53. The molecule has 1 N–H and O–H groups in total. The number of nitrogens with zero attached hydrogens (tertiary/aromatic N) is 2. The first kappa shape index (κ1) is 19.3. The van der Waals surface area contributed by atoms with Gasteiger partial charge in [0.15, 0.2) is 5.96 Å². The highest BCUT2D eigenvalue weighted by Gasteiger charge is 2.28. The van der Waals surface area contributed by atoms with Crippen LogP contribution < -0.4 is 5.32 Å². The number of aliphatic imine (C=N–C) groups is 1. The molecule has 25 heavy (non-hydrogen) atoms. The van der Waals surface area contributed by atoms with E-state index < -0.39 is 0 Å². The molecule has 0 radical (unpaired) electrons. The molecule has 0 aliphatic carbocycles. The summed E-state index contributed by atoms with van der Waals surface area (Å²) in [7, 11) is 0. The van der Waals surface area contributed by atoms with Gasteiger partial charge in [-0.2, -0.15) is 0 Å². The summed E-state index contributed by atoms with van der Waals surface area (Å²) in [6.45, 7) is 8.83. The smallest absolute Gasteiger partial charge is 0.310 e. The summed E-state index contributed by atoms with van der Waals surface area (Å²) in [5.74, 6) is 1.66. The zero-order valence-electron chi connectivity index (χ0n) is 15.7. The Kier molecular flexibility index (Phi) is 7.82. The van der Waals surface area contributed by atoms with E-state index >= 15 is 0 Å². The fourth-order valence-electron chi connectivity index (χ4n) is 2.91. The third kappa shape index (κ3) is 6.11. The number of piperidine rings is 1. The summed E-state index contributed by atoms with van der Waals surface area (Å²) in [6, 6.07) is 4.20. The molecule has 1 fully saturated rings. The SMILES string of the molecule is CCOC(=O)C1CCCN(C(=NCCc2ccco2)NC(C)CC)C1. The number of hydrogen-bond donors (Lipinski definition) is 1. The van der Waals surface area contributed by atoms with Crippen LogP contribution in [-0.4, -0.2) is 49.1 Å². The molecule has 2 rings (SSSR count). The lowest BCUT2D eigenvalue weighted by atomic mass is 9.98. The summed E-state index contributed by atoms with van der Waals surface area (Å²) in [6.07, 6.45) is 5.34. The Morgan fingerprint density at radius 3 is 3.04 bits per heavy atom. The molecule has 0 aromatic carbocycles. The zero-order valence-corrected chi connectivity index (χ0v) is 15.7. The number of carbonyl (C=O) groups is 1. The maximum atomic E-state index is 12.1. The molecule has 2 heterocycles. The van der Waals surface area contributed by atoms with E-state index in [-0.39, 0.29) is 11.9 Å². The second-order valence-corrected chi connectivity index (χ2v) is 6.53. The standard InChI is InChI=1S/C19H31N3O3/c1-4-15(3)21-19(20-11-10-17-9-7-13-25-17)22-12-6-8-16(14-22)18(23)24-5-2/h7,9,13,15-16H,4-6,8,10-12,14H2,1-3H3,(H,20,21). The molecule has 1 aliphatic rings. The quantitative estimate of drug-likeness (QED) is 0.466. The first-order valence-corrected chi connectivity index (χ1v) is 9.39. The van der Waals surface area contributed by atoms with Gasteiger partial charge in [0.25, 0.3) is 0 Å². The molecule has 0 bridgehead atoms. The fraction of sp³-hybridized carbons (Fsp3) is 0.684. The van der Waals surface area contributed by atoms with Crippen molar-refractivity contribution >= 4 is 11.9 Å².